The van der Waals surface area contributed by atoms with Crippen molar-refractivity contribution in [3.8, 4) is 0 Å². The summed E-state index contributed by atoms with van der Waals surface area (Å²) in [6.45, 7) is 3.93. The first-order valence-electron chi connectivity index (χ1n) is 10.3. The summed E-state index contributed by atoms with van der Waals surface area (Å²) in [6.07, 6.45) is 7.20. The van der Waals surface area contributed by atoms with E-state index in [-0.39, 0.29) is 11.5 Å². The Balaban J connectivity index is 1.59. The molecule has 2 aliphatic carbocycles. The maximum absolute atomic E-state index is 12.7. The topological polar surface area (TPSA) is 72.5 Å². The van der Waals surface area contributed by atoms with E-state index >= 15 is 0 Å². The molecule has 1 N–H and O–H groups in total. The Morgan fingerprint density at radius 3 is 2.61 bits per heavy atom. The third kappa shape index (κ3) is 2.84. The van der Waals surface area contributed by atoms with Crippen molar-refractivity contribution in [3.63, 3.8) is 0 Å². The van der Waals surface area contributed by atoms with Crippen molar-refractivity contribution < 1.29 is 13.6 Å². The number of rotatable bonds is 4. The minimum absolute atomic E-state index is 0.0110. The van der Waals surface area contributed by atoms with Crippen molar-refractivity contribution in [2.75, 3.05) is 0 Å². The molecule has 0 aliphatic heterocycles. The minimum Gasteiger partial charge on any atom is -0.460 e. The lowest BCUT2D eigenvalue weighted by molar-refractivity contribution is -0.121. The molecule has 1 aromatic carbocycles. The van der Waals surface area contributed by atoms with Gasteiger partial charge in [0.25, 0.3) is 0 Å². The number of fused-ring (bicyclic) bond motifs is 4. The Bertz CT molecular complexity index is 1160. The van der Waals surface area contributed by atoms with Crippen LogP contribution in [0, 0.1) is 13.8 Å². The van der Waals surface area contributed by atoms with Crippen molar-refractivity contribution in [1.29, 1.82) is 0 Å². The van der Waals surface area contributed by atoms with Gasteiger partial charge in [0.2, 0.25) is 5.91 Å². The molecule has 2 heterocycles. The molecule has 0 unspecified atom stereocenters. The Morgan fingerprint density at radius 2 is 1.82 bits per heavy atom. The molecule has 0 saturated heterocycles. The third-order valence-electron chi connectivity index (χ3n) is 6.27. The van der Waals surface area contributed by atoms with Crippen molar-refractivity contribution in [2.45, 2.75) is 71.3 Å². The molecule has 5 nitrogen and oxygen atoms in total. The first kappa shape index (κ1) is 17.5. The van der Waals surface area contributed by atoms with Crippen LogP contribution in [0.4, 0.5) is 0 Å². The average Bonchev–Trinajstić information content (AvgIpc) is 3.41. The molecule has 146 valence electrons. The lowest BCUT2D eigenvalue weighted by atomic mass is 9.93. The summed E-state index contributed by atoms with van der Waals surface area (Å²) < 4.78 is 11.9. The van der Waals surface area contributed by atoms with E-state index < -0.39 is 0 Å². The maximum atomic E-state index is 12.7. The number of hydrogen-bond donors (Lipinski definition) is 1. The zero-order valence-electron chi connectivity index (χ0n) is 16.4. The second-order valence-corrected chi connectivity index (χ2v) is 8.30. The molecular formula is C23H25NO4. The van der Waals surface area contributed by atoms with Gasteiger partial charge < -0.3 is 14.2 Å². The number of carbonyl (C=O) groups excluding carboxylic acids is 1. The van der Waals surface area contributed by atoms with Gasteiger partial charge in [-0.05, 0) is 64.0 Å². The maximum Gasteiger partial charge on any atom is 0.339 e. The molecule has 1 amide bonds. The van der Waals surface area contributed by atoms with E-state index in [1.54, 1.807) is 0 Å². The van der Waals surface area contributed by atoms with E-state index in [4.69, 9.17) is 8.83 Å². The predicted octanol–water partition coefficient (Wildman–Crippen LogP) is 4.25. The van der Waals surface area contributed by atoms with Crippen LogP contribution < -0.4 is 10.9 Å². The fraction of sp³-hybridized carbons (Fsp3) is 0.478. The monoisotopic (exact) mass is 379 g/mol. The predicted molar refractivity (Wildman–Crippen MR) is 108 cm³/mol. The van der Waals surface area contributed by atoms with Crippen molar-refractivity contribution >= 4 is 27.8 Å². The summed E-state index contributed by atoms with van der Waals surface area (Å²) in [5.41, 5.74) is 4.83. The summed E-state index contributed by atoms with van der Waals surface area (Å²) >= 11 is 0. The minimum atomic E-state index is -0.344. The highest BCUT2D eigenvalue weighted by molar-refractivity contribution is 6.00. The third-order valence-corrected chi connectivity index (χ3v) is 6.27. The lowest BCUT2D eigenvalue weighted by Gasteiger charge is -2.11. The van der Waals surface area contributed by atoms with Gasteiger partial charge in [-0.1, -0.05) is 0 Å². The molecule has 2 aliphatic rings. The second kappa shape index (κ2) is 6.50. The molecule has 5 rings (SSSR count). The van der Waals surface area contributed by atoms with E-state index in [2.05, 4.69) is 11.4 Å². The summed E-state index contributed by atoms with van der Waals surface area (Å²) in [5.74, 6) is 1.09. The van der Waals surface area contributed by atoms with Crippen LogP contribution in [0.1, 0.15) is 60.1 Å². The van der Waals surface area contributed by atoms with Crippen LogP contribution in [0.2, 0.25) is 0 Å². The van der Waals surface area contributed by atoms with Crippen molar-refractivity contribution in [1.82, 2.24) is 5.32 Å². The highest BCUT2D eigenvalue weighted by Gasteiger charge is 2.25. The van der Waals surface area contributed by atoms with Gasteiger partial charge in [-0.15, -0.1) is 0 Å². The molecule has 0 bridgehead atoms. The molecule has 0 spiro atoms. The SMILES string of the molecule is Cc1c(CCC(=O)NC2CC2)c(=O)oc2c(C)c3oc4c(c3cc12)CCCC4. The molecule has 0 radical (unpaired) electrons. The number of aryl methyl sites for hydroxylation is 4. The van der Waals surface area contributed by atoms with Crippen LogP contribution in [0.15, 0.2) is 19.7 Å². The number of nitrogens with one attached hydrogen (secondary N) is 1. The summed E-state index contributed by atoms with van der Waals surface area (Å²) in [7, 11) is 0. The molecule has 2 aromatic heterocycles. The zero-order chi connectivity index (χ0) is 19.4. The Labute approximate surface area is 163 Å². The van der Waals surface area contributed by atoms with Crippen LogP contribution in [0.5, 0.6) is 0 Å². The molecule has 1 fully saturated rings. The number of benzene rings is 1. The van der Waals surface area contributed by atoms with E-state index in [1.807, 2.05) is 13.8 Å². The van der Waals surface area contributed by atoms with Crippen LogP contribution in [-0.2, 0) is 24.1 Å². The standard InChI is InChI=1S/C23H25NO4/c1-12-15(9-10-20(25)24-14-7-8-14)23(26)28-21-13(2)22-18(11-17(12)21)16-5-3-4-6-19(16)27-22/h11,14H,3-10H2,1-2H3,(H,24,25). The molecule has 5 heteroatoms. The fourth-order valence-electron chi connectivity index (χ4n) is 4.47. The van der Waals surface area contributed by atoms with Gasteiger partial charge in [-0.3, -0.25) is 4.79 Å². The smallest absolute Gasteiger partial charge is 0.339 e. The molecule has 1 saturated carbocycles. The summed E-state index contributed by atoms with van der Waals surface area (Å²) in [5, 5.41) is 5.08. The van der Waals surface area contributed by atoms with Gasteiger partial charge in [0, 0.05) is 46.3 Å². The number of amides is 1. The highest BCUT2D eigenvalue weighted by atomic mass is 16.4. The first-order chi connectivity index (χ1) is 13.5. The highest BCUT2D eigenvalue weighted by Crippen LogP contribution is 2.38. The van der Waals surface area contributed by atoms with Crippen LogP contribution in [0.3, 0.4) is 0 Å². The Morgan fingerprint density at radius 1 is 1.07 bits per heavy atom. The van der Waals surface area contributed by atoms with Gasteiger partial charge in [0.1, 0.15) is 16.9 Å². The van der Waals surface area contributed by atoms with Gasteiger partial charge in [0.05, 0.1) is 0 Å². The number of carbonyl (C=O) groups is 1. The van der Waals surface area contributed by atoms with Crippen LogP contribution in [0.25, 0.3) is 21.9 Å². The fourth-order valence-corrected chi connectivity index (χ4v) is 4.47. The molecule has 3 aromatic rings. The first-order valence-corrected chi connectivity index (χ1v) is 10.3. The molecule has 0 atom stereocenters. The van der Waals surface area contributed by atoms with Crippen LogP contribution >= 0.6 is 0 Å². The Kier molecular flexibility index (Phi) is 4.07. The molecular weight excluding hydrogens is 354 g/mol. The number of hydrogen-bond acceptors (Lipinski definition) is 4. The normalized spacial score (nSPS) is 16.5. The van der Waals surface area contributed by atoms with Gasteiger partial charge in [0.15, 0.2) is 0 Å². The summed E-state index contributed by atoms with van der Waals surface area (Å²) in [4.78, 5) is 24.7. The van der Waals surface area contributed by atoms with Crippen molar-refractivity contribution in [2.24, 2.45) is 0 Å². The second-order valence-electron chi connectivity index (χ2n) is 8.30. The average molecular weight is 379 g/mol. The quantitative estimate of drug-likeness (QED) is 0.688. The zero-order valence-corrected chi connectivity index (χ0v) is 16.4. The summed E-state index contributed by atoms with van der Waals surface area (Å²) in [6, 6.07) is 2.46. The van der Waals surface area contributed by atoms with Gasteiger partial charge in [-0.25, -0.2) is 4.79 Å². The number of furan rings is 1. The Hall–Kier alpha value is -2.56. The van der Waals surface area contributed by atoms with E-state index in [1.165, 1.54) is 12.0 Å². The van der Waals surface area contributed by atoms with E-state index in [0.717, 1.165) is 65.3 Å². The van der Waals surface area contributed by atoms with Crippen LogP contribution in [-0.4, -0.2) is 11.9 Å². The molecule has 28 heavy (non-hydrogen) atoms. The van der Waals surface area contributed by atoms with Gasteiger partial charge in [-0.2, -0.15) is 0 Å². The van der Waals surface area contributed by atoms with E-state index in [9.17, 15) is 9.59 Å². The lowest BCUT2D eigenvalue weighted by Crippen LogP contribution is -2.26. The van der Waals surface area contributed by atoms with Crippen molar-refractivity contribution in [3.05, 3.63) is 44.5 Å². The van der Waals surface area contributed by atoms with Gasteiger partial charge >= 0.3 is 5.63 Å². The largest absolute Gasteiger partial charge is 0.460 e. The van der Waals surface area contributed by atoms with E-state index in [0.29, 0.717) is 30.0 Å².